The molecule has 2 aliphatic rings. The maximum absolute atomic E-state index is 13.9. The molecule has 0 saturated carbocycles. The second-order valence-electron chi connectivity index (χ2n) is 8.15. The number of nitrogens with two attached hydrogens (primary N) is 1. The Bertz CT molecular complexity index is 914. The average molecular weight is 437 g/mol. The van der Waals surface area contributed by atoms with Crippen LogP contribution < -0.4 is 10.5 Å². The van der Waals surface area contributed by atoms with E-state index in [-0.39, 0.29) is 17.5 Å². The zero-order valence-electron chi connectivity index (χ0n) is 17.3. The highest BCUT2D eigenvalue weighted by atomic mass is 19.4. The molecule has 0 spiro atoms. The lowest BCUT2D eigenvalue weighted by Crippen LogP contribution is -2.34. The summed E-state index contributed by atoms with van der Waals surface area (Å²) in [7, 11) is 1.48. The molecule has 10 heteroatoms. The summed E-state index contributed by atoms with van der Waals surface area (Å²) in [6, 6.07) is 6.06. The summed E-state index contributed by atoms with van der Waals surface area (Å²) in [5, 5.41) is 3.91. The molecule has 1 aromatic carbocycles. The monoisotopic (exact) mass is 437 g/mol. The summed E-state index contributed by atoms with van der Waals surface area (Å²) in [6.45, 7) is 4.19. The molecular formula is C21H26F3N5O2. The summed E-state index contributed by atoms with van der Waals surface area (Å²) in [5.74, 6) is 0.472. The number of aromatic nitrogens is 2. The first-order valence-electron chi connectivity index (χ1n) is 10.3. The Balaban J connectivity index is 1.55. The van der Waals surface area contributed by atoms with E-state index in [4.69, 9.17) is 10.5 Å². The quantitative estimate of drug-likeness (QED) is 0.750. The lowest BCUT2D eigenvalue weighted by Gasteiger charge is -2.22. The van der Waals surface area contributed by atoms with Crippen molar-refractivity contribution in [1.29, 1.82) is 0 Å². The molecule has 168 valence electrons. The van der Waals surface area contributed by atoms with Crippen LogP contribution in [0.5, 0.6) is 5.75 Å². The number of hydrogen-bond acceptors (Lipinski definition) is 5. The predicted octanol–water partition coefficient (Wildman–Crippen LogP) is 2.25. The van der Waals surface area contributed by atoms with Gasteiger partial charge in [-0.2, -0.15) is 18.3 Å². The Morgan fingerprint density at radius 1 is 1.16 bits per heavy atom. The van der Waals surface area contributed by atoms with E-state index in [1.807, 2.05) is 0 Å². The Labute approximate surface area is 178 Å². The van der Waals surface area contributed by atoms with Crippen LogP contribution in [0.3, 0.4) is 0 Å². The van der Waals surface area contributed by atoms with Crippen molar-refractivity contribution in [3.63, 3.8) is 0 Å². The highest BCUT2D eigenvalue weighted by molar-refractivity contribution is 5.95. The highest BCUT2D eigenvalue weighted by Gasteiger charge is 2.45. The van der Waals surface area contributed by atoms with Crippen molar-refractivity contribution < 1.29 is 22.7 Å². The van der Waals surface area contributed by atoms with E-state index in [0.717, 1.165) is 36.9 Å². The van der Waals surface area contributed by atoms with Crippen molar-refractivity contribution in [3.8, 4) is 11.4 Å². The van der Waals surface area contributed by atoms with Gasteiger partial charge in [-0.3, -0.25) is 4.79 Å². The highest BCUT2D eigenvalue weighted by Crippen LogP contribution is 2.37. The van der Waals surface area contributed by atoms with Gasteiger partial charge in [0.05, 0.1) is 24.6 Å². The van der Waals surface area contributed by atoms with E-state index < -0.39 is 23.3 Å². The molecule has 1 amide bonds. The first kappa shape index (κ1) is 21.6. The van der Waals surface area contributed by atoms with Crippen molar-refractivity contribution in [3.05, 3.63) is 41.7 Å². The molecule has 2 N–H and O–H groups in total. The number of carbonyl (C=O) groups is 1. The van der Waals surface area contributed by atoms with E-state index in [1.165, 1.54) is 19.2 Å². The van der Waals surface area contributed by atoms with Crippen LogP contribution in [0.2, 0.25) is 0 Å². The van der Waals surface area contributed by atoms with Crippen LogP contribution >= 0.6 is 0 Å². The fourth-order valence-corrected chi connectivity index (χ4v) is 4.62. The van der Waals surface area contributed by atoms with E-state index in [1.54, 1.807) is 17.0 Å². The summed E-state index contributed by atoms with van der Waals surface area (Å²) < 4.78 is 47.7. The number of alkyl halides is 3. The lowest BCUT2D eigenvalue weighted by atomic mass is 10.0. The number of ether oxygens (including phenoxy) is 1. The minimum Gasteiger partial charge on any atom is -0.497 e. The number of rotatable bonds is 6. The zero-order chi connectivity index (χ0) is 22.2. The fourth-order valence-electron chi connectivity index (χ4n) is 4.62. The van der Waals surface area contributed by atoms with E-state index in [9.17, 15) is 18.0 Å². The Morgan fingerprint density at radius 2 is 1.81 bits per heavy atom. The van der Waals surface area contributed by atoms with Gasteiger partial charge in [0.15, 0.2) is 5.69 Å². The third kappa shape index (κ3) is 4.27. The molecule has 2 unspecified atom stereocenters. The van der Waals surface area contributed by atoms with Gasteiger partial charge in [0.1, 0.15) is 5.75 Å². The topological polar surface area (TPSA) is 76.6 Å². The maximum Gasteiger partial charge on any atom is 0.434 e. The Kier molecular flexibility index (Phi) is 5.94. The van der Waals surface area contributed by atoms with Crippen molar-refractivity contribution in [2.45, 2.75) is 12.6 Å². The Morgan fingerprint density at radius 3 is 2.35 bits per heavy atom. The molecule has 4 rings (SSSR count). The third-order valence-electron chi connectivity index (χ3n) is 6.11. The van der Waals surface area contributed by atoms with Crippen LogP contribution in [0.25, 0.3) is 5.69 Å². The van der Waals surface area contributed by atoms with Gasteiger partial charge in [0.25, 0.3) is 5.91 Å². The number of methoxy groups -OCH3 is 1. The van der Waals surface area contributed by atoms with Gasteiger partial charge >= 0.3 is 6.18 Å². The third-order valence-corrected chi connectivity index (χ3v) is 6.11. The van der Waals surface area contributed by atoms with Gasteiger partial charge in [0.2, 0.25) is 0 Å². The van der Waals surface area contributed by atoms with Crippen LogP contribution in [-0.4, -0.2) is 71.9 Å². The minimum atomic E-state index is -4.73. The predicted molar refractivity (Wildman–Crippen MR) is 108 cm³/mol. The van der Waals surface area contributed by atoms with Gasteiger partial charge < -0.3 is 20.3 Å². The van der Waals surface area contributed by atoms with E-state index >= 15 is 0 Å². The number of amides is 1. The summed E-state index contributed by atoms with van der Waals surface area (Å²) >= 11 is 0. The number of hydrogen-bond donors (Lipinski definition) is 1. The van der Waals surface area contributed by atoms with Gasteiger partial charge in [-0.05, 0) is 55.6 Å². The summed E-state index contributed by atoms with van der Waals surface area (Å²) in [4.78, 5) is 16.9. The molecule has 7 nitrogen and oxygen atoms in total. The average Bonchev–Trinajstić information content (AvgIpc) is 3.44. The second-order valence-corrected chi connectivity index (χ2v) is 8.15. The second kappa shape index (κ2) is 8.51. The Hall–Kier alpha value is -2.59. The van der Waals surface area contributed by atoms with Crippen LogP contribution in [0.15, 0.2) is 30.5 Å². The number of fused-ring (bicyclic) bond motifs is 1. The molecule has 31 heavy (non-hydrogen) atoms. The molecule has 0 bridgehead atoms. The molecule has 2 saturated heterocycles. The summed E-state index contributed by atoms with van der Waals surface area (Å²) in [5.41, 5.74) is 4.31. The first-order chi connectivity index (χ1) is 14.8. The SMILES string of the molecule is COc1ccc(-n2ncc(C(=O)N3CC4CN(CCCN)CC4C3)c2C(F)(F)F)cc1. The lowest BCUT2D eigenvalue weighted by molar-refractivity contribution is -0.143. The van der Waals surface area contributed by atoms with Gasteiger partial charge in [-0.25, -0.2) is 4.68 Å². The molecule has 1 aromatic heterocycles. The number of carbonyl (C=O) groups excluding carboxylic acids is 1. The van der Waals surface area contributed by atoms with E-state index in [0.29, 0.717) is 25.4 Å². The largest absolute Gasteiger partial charge is 0.497 e. The maximum atomic E-state index is 13.9. The van der Waals surface area contributed by atoms with Crippen molar-refractivity contribution >= 4 is 5.91 Å². The number of benzene rings is 1. The molecular weight excluding hydrogens is 411 g/mol. The first-order valence-corrected chi connectivity index (χ1v) is 10.3. The van der Waals surface area contributed by atoms with Crippen LogP contribution in [-0.2, 0) is 6.18 Å². The molecule has 0 aliphatic carbocycles. The van der Waals surface area contributed by atoms with Crippen LogP contribution in [0.4, 0.5) is 13.2 Å². The standard InChI is InChI=1S/C21H26F3N5O2/c1-31-17-5-3-16(4-6-17)29-19(21(22,23)24)18(9-26-29)20(30)28-12-14-10-27(8-2-7-25)11-15(14)13-28/h3-6,9,14-15H,2,7-8,10-13,25H2,1H3. The fraction of sp³-hybridized carbons (Fsp3) is 0.524. The molecule has 3 heterocycles. The molecule has 2 aromatic rings. The molecule has 2 atom stereocenters. The normalized spacial score (nSPS) is 21.5. The van der Waals surface area contributed by atoms with E-state index in [2.05, 4.69) is 10.00 Å². The number of halogens is 3. The minimum absolute atomic E-state index is 0.209. The van der Waals surface area contributed by atoms with Crippen molar-refractivity contribution in [1.82, 2.24) is 19.6 Å². The van der Waals surface area contributed by atoms with Gasteiger partial charge in [0, 0.05) is 26.2 Å². The van der Waals surface area contributed by atoms with Crippen molar-refractivity contribution in [2.24, 2.45) is 17.6 Å². The van der Waals surface area contributed by atoms with Crippen molar-refractivity contribution in [2.75, 3.05) is 46.4 Å². The number of likely N-dealkylation sites (tertiary alicyclic amines) is 2. The zero-order valence-corrected chi connectivity index (χ0v) is 17.3. The molecule has 0 radical (unpaired) electrons. The van der Waals surface area contributed by atoms with Crippen LogP contribution in [0.1, 0.15) is 22.5 Å². The van der Waals surface area contributed by atoms with Gasteiger partial charge in [-0.15, -0.1) is 0 Å². The van der Waals surface area contributed by atoms with Gasteiger partial charge in [-0.1, -0.05) is 0 Å². The van der Waals surface area contributed by atoms with Crippen LogP contribution in [0, 0.1) is 11.8 Å². The molecule has 2 aliphatic heterocycles. The number of nitrogens with zero attached hydrogens (tertiary/aromatic N) is 4. The molecule has 2 fully saturated rings. The summed E-state index contributed by atoms with van der Waals surface area (Å²) in [6.07, 6.45) is -2.78. The smallest absolute Gasteiger partial charge is 0.434 e.